The first kappa shape index (κ1) is 16.1. The molecule has 1 fully saturated rings. The quantitative estimate of drug-likeness (QED) is 0.866. The van der Waals surface area contributed by atoms with Gasteiger partial charge < -0.3 is 9.64 Å². The van der Waals surface area contributed by atoms with E-state index in [9.17, 15) is 9.18 Å². The van der Waals surface area contributed by atoms with Crippen molar-refractivity contribution in [2.24, 2.45) is 0 Å². The zero-order valence-electron chi connectivity index (χ0n) is 13.2. The van der Waals surface area contributed by atoms with Crippen LogP contribution in [0, 0.1) is 5.82 Å². The summed E-state index contributed by atoms with van der Waals surface area (Å²) < 4.78 is 18.6. The molecule has 0 N–H and O–H groups in total. The third-order valence-corrected chi connectivity index (χ3v) is 4.62. The molecule has 0 radical (unpaired) electrons. The number of rotatable bonds is 3. The Morgan fingerprint density at radius 3 is 2.83 bits per heavy atom. The first-order chi connectivity index (χ1) is 10.9. The summed E-state index contributed by atoms with van der Waals surface area (Å²) in [6.07, 6.45) is 0.294. The lowest BCUT2D eigenvalue weighted by molar-refractivity contribution is -0.145. The number of nitrogens with zero attached hydrogens (tertiary/aromatic N) is 2. The van der Waals surface area contributed by atoms with E-state index < -0.39 is 0 Å². The number of morpholine rings is 1. The van der Waals surface area contributed by atoms with Gasteiger partial charge in [0.05, 0.1) is 24.3 Å². The first-order valence-electron chi connectivity index (χ1n) is 7.55. The van der Waals surface area contributed by atoms with E-state index >= 15 is 0 Å². The largest absolute Gasteiger partial charge is 0.372 e. The van der Waals surface area contributed by atoms with Crippen LogP contribution in [0.2, 0.25) is 0 Å². The first-order valence-corrected chi connectivity index (χ1v) is 8.43. The van der Waals surface area contributed by atoms with E-state index in [-0.39, 0.29) is 17.3 Å². The van der Waals surface area contributed by atoms with Crippen LogP contribution in [0.4, 0.5) is 4.39 Å². The van der Waals surface area contributed by atoms with E-state index in [1.165, 1.54) is 23.5 Å². The Morgan fingerprint density at radius 1 is 1.39 bits per heavy atom. The molecule has 6 heteroatoms. The van der Waals surface area contributed by atoms with Crippen LogP contribution in [-0.2, 0) is 16.0 Å². The standard InChI is InChI=1S/C17H19FN2O2S/c1-17(2)11-20(7-8-22-17)16(21)9-15-19-14(10-23-15)12-3-5-13(18)6-4-12/h3-6,10H,7-9,11H2,1-2H3. The Hall–Kier alpha value is -1.79. The lowest BCUT2D eigenvalue weighted by Gasteiger charge is -2.38. The third-order valence-electron chi connectivity index (χ3n) is 3.77. The molecule has 1 aromatic carbocycles. The van der Waals surface area contributed by atoms with E-state index in [1.54, 1.807) is 12.1 Å². The number of hydrogen-bond acceptors (Lipinski definition) is 4. The lowest BCUT2D eigenvalue weighted by Crippen LogP contribution is -2.51. The molecule has 1 aromatic heterocycles. The SMILES string of the molecule is CC1(C)CN(C(=O)Cc2nc(-c3ccc(F)cc3)cs2)CCO1. The highest BCUT2D eigenvalue weighted by Crippen LogP contribution is 2.23. The van der Waals surface area contributed by atoms with Crippen molar-refractivity contribution >= 4 is 17.2 Å². The maximum absolute atomic E-state index is 13.0. The van der Waals surface area contributed by atoms with Crippen molar-refractivity contribution < 1.29 is 13.9 Å². The molecule has 1 amide bonds. The Balaban J connectivity index is 1.67. The van der Waals surface area contributed by atoms with Crippen molar-refractivity contribution in [2.75, 3.05) is 19.7 Å². The van der Waals surface area contributed by atoms with Crippen LogP contribution in [0.3, 0.4) is 0 Å². The van der Waals surface area contributed by atoms with Gasteiger partial charge in [-0.1, -0.05) is 0 Å². The minimum atomic E-state index is -0.296. The predicted octanol–water partition coefficient (Wildman–Crippen LogP) is 3.13. The van der Waals surface area contributed by atoms with E-state index in [0.717, 1.165) is 16.3 Å². The molecule has 4 nitrogen and oxygen atoms in total. The Morgan fingerprint density at radius 2 is 2.13 bits per heavy atom. The Kier molecular flexibility index (Phi) is 4.46. The predicted molar refractivity (Wildman–Crippen MR) is 87.8 cm³/mol. The summed E-state index contributed by atoms with van der Waals surface area (Å²) in [4.78, 5) is 18.8. The van der Waals surface area contributed by atoms with Crippen LogP contribution in [0.15, 0.2) is 29.6 Å². The van der Waals surface area contributed by atoms with Crippen LogP contribution in [0.25, 0.3) is 11.3 Å². The van der Waals surface area contributed by atoms with Crippen molar-refractivity contribution in [3.05, 3.63) is 40.5 Å². The van der Waals surface area contributed by atoms with E-state index in [1.807, 2.05) is 24.1 Å². The number of aromatic nitrogens is 1. The average molecular weight is 334 g/mol. The van der Waals surface area contributed by atoms with Crippen LogP contribution in [-0.4, -0.2) is 41.1 Å². The second kappa shape index (κ2) is 6.37. The summed E-state index contributed by atoms with van der Waals surface area (Å²) in [7, 11) is 0. The second-order valence-corrected chi connectivity index (χ2v) is 7.18. The topological polar surface area (TPSA) is 42.4 Å². The van der Waals surface area contributed by atoms with Crippen molar-refractivity contribution in [3.8, 4) is 11.3 Å². The highest BCUT2D eigenvalue weighted by molar-refractivity contribution is 7.10. The minimum Gasteiger partial charge on any atom is -0.372 e. The van der Waals surface area contributed by atoms with Gasteiger partial charge in [-0.15, -0.1) is 11.3 Å². The van der Waals surface area contributed by atoms with Gasteiger partial charge in [0.15, 0.2) is 0 Å². The average Bonchev–Trinajstić information content (AvgIpc) is 2.95. The fourth-order valence-corrected chi connectivity index (χ4v) is 3.41. The smallest absolute Gasteiger partial charge is 0.229 e. The maximum atomic E-state index is 13.0. The normalized spacial score (nSPS) is 17.3. The molecular weight excluding hydrogens is 315 g/mol. The van der Waals surface area contributed by atoms with Gasteiger partial charge in [-0.05, 0) is 38.1 Å². The molecule has 122 valence electrons. The van der Waals surface area contributed by atoms with Gasteiger partial charge in [-0.3, -0.25) is 4.79 Å². The fraction of sp³-hybridized carbons (Fsp3) is 0.412. The van der Waals surface area contributed by atoms with Gasteiger partial charge in [0.25, 0.3) is 0 Å². The highest BCUT2D eigenvalue weighted by atomic mass is 32.1. The van der Waals surface area contributed by atoms with E-state index in [4.69, 9.17) is 4.74 Å². The fourth-order valence-electron chi connectivity index (χ4n) is 2.62. The number of hydrogen-bond donors (Lipinski definition) is 0. The second-order valence-electron chi connectivity index (χ2n) is 6.23. The molecular formula is C17H19FN2O2S. The highest BCUT2D eigenvalue weighted by Gasteiger charge is 2.30. The number of amides is 1. The number of thiazole rings is 1. The zero-order chi connectivity index (χ0) is 16.4. The van der Waals surface area contributed by atoms with Crippen LogP contribution >= 0.6 is 11.3 Å². The van der Waals surface area contributed by atoms with Gasteiger partial charge in [-0.25, -0.2) is 9.37 Å². The van der Waals surface area contributed by atoms with Crippen molar-refractivity contribution in [1.82, 2.24) is 9.88 Å². The molecule has 2 aromatic rings. The monoisotopic (exact) mass is 334 g/mol. The van der Waals surface area contributed by atoms with E-state index in [0.29, 0.717) is 26.1 Å². The van der Waals surface area contributed by atoms with Crippen molar-refractivity contribution in [3.63, 3.8) is 0 Å². The third kappa shape index (κ3) is 3.95. The van der Waals surface area contributed by atoms with Crippen molar-refractivity contribution in [1.29, 1.82) is 0 Å². The van der Waals surface area contributed by atoms with Crippen LogP contribution < -0.4 is 0 Å². The molecule has 23 heavy (non-hydrogen) atoms. The van der Waals surface area contributed by atoms with Gasteiger partial charge in [-0.2, -0.15) is 0 Å². The van der Waals surface area contributed by atoms with Crippen LogP contribution in [0.5, 0.6) is 0 Å². The number of carbonyl (C=O) groups excluding carboxylic acids is 1. The molecule has 1 aliphatic rings. The number of carbonyl (C=O) groups is 1. The molecule has 0 bridgehead atoms. The summed E-state index contributed by atoms with van der Waals surface area (Å²) in [6.45, 7) is 5.77. The molecule has 3 rings (SSSR count). The van der Waals surface area contributed by atoms with Crippen LogP contribution in [0.1, 0.15) is 18.9 Å². The maximum Gasteiger partial charge on any atom is 0.229 e. The summed E-state index contributed by atoms with van der Waals surface area (Å²) >= 11 is 1.46. The molecule has 0 saturated carbocycles. The summed E-state index contributed by atoms with van der Waals surface area (Å²) in [5, 5.41) is 2.68. The molecule has 1 saturated heterocycles. The summed E-state index contributed by atoms with van der Waals surface area (Å²) in [5.41, 5.74) is 1.34. The summed E-state index contributed by atoms with van der Waals surface area (Å²) in [5.74, 6) is -0.198. The summed E-state index contributed by atoms with van der Waals surface area (Å²) in [6, 6.07) is 6.21. The van der Waals surface area contributed by atoms with Gasteiger partial charge >= 0.3 is 0 Å². The van der Waals surface area contributed by atoms with Crippen molar-refractivity contribution in [2.45, 2.75) is 25.9 Å². The molecule has 1 aliphatic heterocycles. The number of ether oxygens (including phenoxy) is 1. The lowest BCUT2D eigenvalue weighted by atomic mass is 10.1. The number of benzene rings is 1. The van der Waals surface area contributed by atoms with Gasteiger partial charge in [0.2, 0.25) is 5.91 Å². The molecule has 2 heterocycles. The Labute approximate surface area is 138 Å². The molecule has 0 spiro atoms. The van der Waals surface area contributed by atoms with Gasteiger partial charge in [0, 0.05) is 24.0 Å². The van der Waals surface area contributed by atoms with Gasteiger partial charge in [0.1, 0.15) is 10.8 Å². The van der Waals surface area contributed by atoms with E-state index in [2.05, 4.69) is 4.98 Å². The number of halogens is 1. The zero-order valence-corrected chi connectivity index (χ0v) is 14.0. The molecule has 0 unspecified atom stereocenters. The molecule has 0 atom stereocenters. The minimum absolute atomic E-state index is 0.0707. The molecule has 0 aliphatic carbocycles. The Bertz CT molecular complexity index is 697.